The number of ether oxygens (including phenoxy) is 2. The molecule has 0 saturated carbocycles. The number of hydrogen-bond donors (Lipinski definition) is 1. The largest absolute Gasteiger partial charge is 0.454 e. The summed E-state index contributed by atoms with van der Waals surface area (Å²) < 4.78 is 12.4. The van der Waals surface area contributed by atoms with Crippen LogP contribution in [-0.4, -0.2) is 28.3 Å². The van der Waals surface area contributed by atoms with E-state index in [1.165, 1.54) is 0 Å². The van der Waals surface area contributed by atoms with Crippen LogP contribution in [-0.2, 0) is 0 Å². The van der Waals surface area contributed by atoms with Gasteiger partial charge in [-0.1, -0.05) is 6.07 Å². The number of hydrazone groups is 1. The summed E-state index contributed by atoms with van der Waals surface area (Å²) in [5.41, 5.74) is 6.25. The van der Waals surface area contributed by atoms with Crippen molar-refractivity contribution in [2.45, 2.75) is 13.8 Å². The zero-order valence-corrected chi connectivity index (χ0v) is 13.8. The molecule has 25 heavy (non-hydrogen) atoms. The monoisotopic (exact) mass is 336 g/mol. The number of carbonyl (C=O) groups is 1. The van der Waals surface area contributed by atoms with Crippen LogP contribution >= 0.6 is 0 Å². The number of aromatic nitrogens is 2. The minimum atomic E-state index is -0.312. The van der Waals surface area contributed by atoms with E-state index in [2.05, 4.69) is 15.5 Å². The highest BCUT2D eigenvalue weighted by Crippen LogP contribution is 2.31. The Kier molecular flexibility index (Phi) is 3.61. The van der Waals surface area contributed by atoms with Gasteiger partial charge in [0.05, 0.1) is 11.9 Å². The van der Waals surface area contributed by atoms with E-state index in [1.807, 2.05) is 37.4 Å². The smallest absolute Gasteiger partial charge is 0.290 e. The Bertz CT molecular complexity index is 1010. The highest BCUT2D eigenvalue weighted by Gasteiger charge is 2.16. The fraction of sp³-hybridized carbons (Fsp3) is 0.167. The van der Waals surface area contributed by atoms with Gasteiger partial charge in [0, 0.05) is 6.20 Å². The third-order valence-electron chi connectivity index (χ3n) is 3.93. The van der Waals surface area contributed by atoms with Crippen molar-refractivity contribution in [1.29, 1.82) is 0 Å². The molecule has 0 fully saturated rings. The number of nitrogens with one attached hydrogen (secondary N) is 1. The Balaban J connectivity index is 1.54. The second kappa shape index (κ2) is 5.94. The molecule has 2 aromatic heterocycles. The van der Waals surface area contributed by atoms with E-state index < -0.39 is 0 Å². The molecule has 1 N–H and O–H groups in total. The maximum atomic E-state index is 12.5. The van der Waals surface area contributed by atoms with Crippen LogP contribution in [0.15, 0.2) is 41.6 Å². The summed E-state index contributed by atoms with van der Waals surface area (Å²) in [5, 5.41) is 4.03. The zero-order chi connectivity index (χ0) is 17.4. The minimum Gasteiger partial charge on any atom is -0.454 e. The Morgan fingerprint density at radius 3 is 2.96 bits per heavy atom. The number of aryl methyl sites for hydroxylation is 2. The summed E-state index contributed by atoms with van der Waals surface area (Å²) >= 11 is 0. The second-order valence-electron chi connectivity index (χ2n) is 5.79. The minimum absolute atomic E-state index is 0.222. The van der Waals surface area contributed by atoms with Crippen LogP contribution in [0.25, 0.3) is 5.65 Å². The van der Waals surface area contributed by atoms with Gasteiger partial charge in [-0.2, -0.15) is 5.10 Å². The van der Waals surface area contributed by atoms with Crippen molar-refractivity contribution in [3.63, 3.8) is 0 Å². The molecule has 7 nitrogen and oxygen atoms in total. The molecule has 1 aliphatic heterocycles. The Labute approximate surface area is 143 Å². The number of nitrogens with zero attached hydrogens (tertiary/aromatic N) is 3. The van der Waals surface area contributed by atoms with Crippen molar-refractivity contribution in [1.82, 2.24) is 14.8 Å². The van der Waals surface area contributed by atoms with Gasteiger partial charge in [-0.25, -0.2) is 10.4 Å². The lowest BCUT2D eigenvalue weighted by Crippen LogP contribution is -2.20. The molecule has 0 radical (unpaired) electrons. The molecule has 0 unspecified atom stereocenters. The Hall–Kier alpha value is -3.35. The van der Waals surface area contributed by atoms with Gasteiger partial charge in [-0.05, 0) is 49.2 Å². The SMILES string of the molecule is Cc1ccc2nc(C)c(C(=O)NN=Cc3ccc4c(c3)OCO4)n2c1. The van der Waals surface area contributed by atoms with Gasteiger partial charge < -0.3 is 9.47 Å². The van der Waals surface area contributed by atoms with E-state index in [-0.39, 0.29) is 12.7 Å². The van der Waals surface area contributed by atoms with Crippen LogP contribution in [0, 0.1) is 13.8 Å². The number of pyridine rings is 1. The molecule has 3 aromatic rings. The van der Waals surface area contributed by atoms with Crippen molar-refractivity contribution in [3.8, 4) is 11.5 Å². The fourth-order valence-electron chi connectivity index (χ4n) is 2.75. The molecule has 4 rings (SSSR count). The standard InChI is InChI=1S/C18H16N4O3/c1-11-3-6-16-20-12(2)17(22(16)9-11)18(23)21-19-8-13-4-5-14-15(7-13)25-10-24-14/h3-9H,10H2,1-2H3,(H,21,23). The van der Waals surface area contributed by atoms with Gasteiger partial charge in [-0.15, -0.1) is 0 Å². The molecule has 1 aromatic carbocycles. The van der Waals surface area contributed by atoms with E-state index in [9.17, 15) is 4.79 Å². The molecule has 0 spiro atoms. The predicted molar refractivity (Wildman–Crippen MR) is 92.3 cm³/mol. The van der Waals surface area contributed by atoms with Crippen molar-refractivity contribution in [3.05, 3.63) is 59.0 Å². The summed E-state index contributed by atoms with van der Waals surface area (Å²) in [4.78, 5) is 16.9. The molecule has 1 aliphatic rings. The van der Waals surface area contributed by atoms with Crippen molar-refractivity contribution in [2.75, 3.05) is 6.79 Å². The molecule has 0 bridgehead atoms. The summed E-state index contributed by atoms with van der Waals surface area (Å²) in [7, 11) is 0. The molecule has 126 valence electrons. The number of imidazole rings is 1. The molecule has 3 heterocycles. The molecule has 0 saturated heterocycles. The van der Waals surface area contributed by atoms with E-state index in [0.717, 1.165) is 16.8 Å². The first kappa shape index (κ1) is 15.2. The van der Waals surface area contributed by atoms with Gasteiger partial charge in [0.1, 0.15) is 11.3 Å². The first-order chi connectivity index (χ1) is 12.1. The second-order valence-corrected chi connectivity index (χ2v) is 5.79. The lowest BCUT2D eigenvalue weighted by Gasteiger charge is -2.03. The predicted octanol–water partition coefficient (Wildman–Crippen LogP) is 2.44. The molecule has 7 heteroatoms. The maximum Gasteiger partial charge on any atom is 0.290 e. The van der Waals surface area contributed by atoms with Gasteiger partial charge in [0.15, 0.2) is 11.5 Å². The topological polar surface area (TPSA) is 77.2 Å². The highest BCUT2D eigenvalue weighted by molar-refractivity contribution is 5.95. The number of carbonyl (C=O) groups excluding carboxylic acids is 1. The fourth-order valence-corrected chi connectivity index (χ4v) is 2.75. The van der Waals surface area contributed by atoms with Crippen LogP contribution in [0.4, 0.5) is 0 Å². The first-order valence-electron chi connectivity index (χ1n) is 7.80. The van der Waals surface area contributed by atoms with Crippen LogP contribution in [0.2, 0.25) is 0 Å². The third kappa shape index (κ3) is 2.80. The lowest BCUT2D eigenvalue weighted by molar-refractivity contribution is 0.0948. The van der Waals surface area contributed by atoms with Crippen LogP contribution in [0.3, 0.4) is 0 Å². The van der Waals surface area contributed by atoms with Gasteiger partial charge >= 0.3 is 0 Å². The van der Waals surface area contributed by atoms with Gasteiger partial charge in [0.2, 0.25) is 6.79 Å². The van der Waals surface area contributed by atoms with Crippen LogP contribution < -0.4 is 14.9 Å². The maximum absolute atomic E-state index is 12.5. The Morgan fingerprint density at radius 2 is 2.08 bits per heavy atom. The Morgan fingerprint density at radius 1 is 1.24 bits per heavy atom. The van der Waals surface area contributed by atoms with E-state index in [0.29, 0.717) is 22.9 Å². The van der Waals surface area contributed by atoms with E-state index in [1.54, 1.807) is 23.6 Å². The molecule has 1 amide bonds. The zero-order valence-electron chi connectivity index (χ0n) is 13.8. The van der Waals surface area contributed by atoms with Crippen molar-refractivity contribution < 1.29 is 14.3 Å². The van der Waals surface area contributed by atoms with Crippen LogP contribution in [0.5, 0.6) is 11.5 Å². The van der Waals surface area contributed by atoms with Crippen molar-refractivity contribution in [2.24, 2.45) is 5.10 Å². The number of benzene rings is 1. The first-order valence-corrected chi connectivity index (χ1v) is 7.80. The average Bonchev–Trinajstić information content (AvgIpc) is 3.17. The summed E-state index contributed by atoms with van der Waals surface area (Å²) in [6.07, 6.45) is 3.44. The molecule has 0 aliphatic carbocycles. The van der Waals surface area contributed by atoms with E-state index >= 15 is 0 Å². The quantitative estimate of drug-likeness (QED) is 0.589. The van der Waals surface area contributed by atoms with E-state index in [4.69, 9.17) is 9.47 Å². The number of fused-ring (bicyclic) bond motifs is 2. The number of hydrogen-bond acceptors (Lipinski definition) is 5. The normalized spacial score (nSPS) is 12.9. The highest BCUT2D eigenvalue weighted by atomic mass is 16.7. The summed E-state index contributed by atoms with van der Waals surface area (Å²) in [6.45, 7) is 3.99. The number of amides is 1. The molecular weight excluding hydrogens is 320 g/mol. The summed E-state index contributed by atoms with van der Waals surface area (Å²) in [6, 6.07) is 9.30. The number of rotatable bonds is 3. The lowest BCUT2D eigenvalue weighted by atomic mass is 10.2. The van der Waals surface area contributed by atoms with Crippen molar-refractivity contribution >= 4 is 17.8 Å². The third-order valence-corrected chi connectivity index (χ3v) is 3.93. The van der Waals surface area contributed by atoms with Gasteiger partial charge in [0.25, 0.3) is 5.91 Å². The van der Waals surface area contributed by atoms with Crippen LogP contribution in [0.1, 0.15) is 27.3 Å². The summed E-state index contributed by atoms with van der Waals surface area (Å²) in [5.74, 6) is 1.06. The molecular formula is C18H16N4O3. The van der Waals surface area contributed by atoms with Gasteiger partial charge in [-0.3, -0.25) is 9.20 Å². The molecule has 0 atom stereocenters. The average molecular weight is 336 g/mol.